The van der Waals surface area contributed by atoms with Crippen molar-refractivity contribution >= 4 is 44.4 Å². The first-order valence-corrected chi connectivity index (χ1v) is 8.08. The Morgan fingerprint density at radius 1 is 1.39 bits per heavy atom. The van der Waals surface area contributed by atoms with Crippen LogP contribution in [0.4, 0.5) is 0 Å². The fraction of sp³-hybridized carbons (Fsp3) is 0.385. The lowest BCUT2D eigenvalue weighted by Gasteiger charge is -2.14. The number of hydrogen-bond donors (Lipinski definition) is 0. The number of thiazole rings is 1. The molecule has 2 nitrogen and oxygen atoms in total. The van der Waals surface area contributed by atoms with Gasteiger partial charge in [-0.15, -0.1) is 22.7 Å². The summed E-state index contributed by atoms with van der Waals surface area (Å²) in [5, 5.41) is 2.95. The second kappa shape index (κ2) is 5.23. The zero-order chi connectivity index (χ0) is 13.3. The smallest absolute Gasteiger partial charge is 0.179 e. The van der Waals surface area contributed by atoms with Gasteiger partial charge in [-0.3, -0.25) is 4.79 Å². The maximum atomic E-state index is 12.0. The molecule has 0 aliphatic heterocycles. The first-order valence-electron chi connectivity index (χ1n) is 5.59. The fourth-order valence-corrected chi connectivity index (χ4v) is 3.77. The Bertz CT molecular complexity index is 566. The molecule has 0 unspecified atom stereocenters. The van der Waals surface area contributed by atoms with E-state index in [1.54, 1.807) is 11.3 Å². The van der Waals surface area contributed by atoms with Crippen molar-refractivity contribution in [1.82, 2.24) is 4.98 Å². The van der Waals surface area contributed by atoms with Crippen LogP contribution in [0.25, 0.3) is 0 Å². The average Bonchev–Trinajstić information content (AvgIpc) is 2.85. The van der Waals surface area contributed by atoms with E-state index in [0.29, 0.717) is 6.42 Å². The third-order valence-electron chi connectivity index (χ3n) is 2.48. The van der Waals surface area contributed by atoms with Crippen LogP contribution in [0.5, 0.6) is 0 Å². The van der Waals surface area contributed by atoms with Crippen LogP contribution in [0.15, 0.2) is 21.3 Å². The Kier molecular flexibility index (Phi) is 4.04. The van der Waals surface area contributed by atoms with E-state index in [1.807, 2.05) is 17.5 Å². The van der Waals surface area contributed by atoms with Crippen molar-refractivity contribution < 1.29 is 4.79 Å². The lowest BCUT2D eigenvalue weighted by Crippen LogP contribution is -2.12. The van der Waals surface area contributed by atoms with Gasteiger partial charge in [-0.05, 0) is 28.1 Å². The SMILES string of the molecule is CC(C)(C)c1csc(CC(=O)c2ccc(Br)s2)n1. The van der Waals surface area contributed by atoms with Gasteiger partial charge in [0, 0.05) is 10.8 Å². The molecule has 0 saturated carbocycles. The summed E-state index contributed by atoms with van der Waals surface area (Å²) in [6.45, 7) is 6.39. The lowest BCUT2D eigenvalue weighted by atomic mass is 9.93. The van der Waals surface area contributed by atoms with Crippen LogP contribution in [0.3, 0.4) is 0 Å². The second-order valence-electron chi connectivity index (χ2n) is 5.08. The van der Waals surface area contributed by atoms with Crippen molar-refractivity contribution in [3.8, 4) is 0 Å². The number of nitrogens with zero attached hydrogens (tertiary/aromatic N) is 1. The molecular formula is C13H14BrNOS2. The number of ketones is 1. The second-order valence-corrected chi connectivity index (χ2v) is 8.49. The van der Waals surface area contributed by atoms with Gasteiger partial charge in [0.1, 0.15) is 5.01 Å². The highest BCUT2D eigenvalue weighted by molar-refractivity contribution is 9.11. The van der Waals surface area contributed by atoms with Crippen molar-refractivity contribution in [2.45, 2.75) is 32.6 Å². The summed E-state index contributed by atoms with van der Waals surface area (Å²) in [6, 6.07) is 3.76. The predicted molar refractivity (Wildman–Crippen MR) is 80.9 cm³/mol. The number of hydrogen-bond acceptors (Lipinski definition) is 4. The molecule has 0 aliphatic rings. The molecule has 5 heteroatoms. The molecule has 0 N–H and O–H groups in total. The van der Waals surface area contributed by atoms with Crippen molar-refractivity contribution in [3.63, 3.8) is 0 Å². The molecule has 0 spiro atoms. The predicted octanol–water partition coefficient (Wildman–Crippen LogP) is 4.69. The van der Waals surface area contributed by atoms with Crippen molar-refractivity contribution in [2.75, 3.05) is 0 Å². The summed E-state index contributed by atoms with van der Waals surface area (Å²) in [5.41, 5.74) is 1.10. The monoisotopic (exact) mass is 343 g/mol. The van der Waals surface area contributed by atoms with E-state index in [0.717, 1.165) is 19.4 Å². The van der Waals surface area contributed by atoms with E-state index in [1.165, 1.54) is 11.3 Å². The molecule has 2 aromatic heterocycles. The maximum Gasteiger partial charge on any atom is 0.179 e. The summed E-state index contributed by atoms with van der Waals surface area (Å²) >= 11 is 6.41. The summed E-state index contributed by atoms with van der Waals surface area (Å²) in [4.78, 5) is 17.4. The van der Waals surface area contributed by atoms with E-state index < -0.39 is 0 Å². The molecule has 18 heavy (non-hydrogen) atoms. The van der Waals surface area contributed by atoms with E-state index in [9.17, 15) is 4.79 Å². The van der Waals surface area contributed by atoms with Gasteiger partial charge in [0.15, 0.2) is 5.78 Å². The van der Waals surface area contributed by atoms with E-state index in [-0.39, 0.29) is 11.2 Å². The molecule has 2 aromatic rings. The maximum absolute atomic E-state index is 12.0. The molecule has 2 rings (SSSR count). The van der Waals surface area contributed by atoms with Gasteiger partial charge < -0.3 is 0 Å². The molecule has 2 heterocycles. The third kappa shape index (κ3) is 3.28. The topological polar surface area (TPSA) is 30.0 Å². The summed E-state index contributed by atoms with van der Waals surface area (Å²) in [7, 11) is 0. The molecule has 0 aromatic carbocycles. The number of aromatic nitrogens is 1. The molecule has 0 fully saturated rings. The molecule has 96 valence electrons. The molecule has 0 amide bonds. The van der Waals surface area contributed by atoms with Crippen LogP contribution < -0.4 is 0 Å². The Balaban J connectivity index is 2.10. The van der Waals surface area contributed by atoms with E-state index in [4.69, 9.17) is 0 Å². The highest BCUT2D eigenvalue weighted by Crippen LogP contribution is 2.26. The lowest BCUT2D eigenvalue weighted by molar-refractivity contribution is 0.0996. The third-order valence-corrected chi connectivity index (χ3v) is 4.99. The van der Waals surface area contributed by atoms with Crippen LogP contribution in [-0.4, -0.2) is 10.8 Å². The Morgan fingerprint density at radius 3 is 2.61 bits per heavy atom. The summed E-state index contributed by atoms with van der Waals surface area (Å²) in [5.74, 6) is 0.139. The Morgan fingerprint density at radius 2 is 2.11 bits per heavy atom. The van der Waals surface area contributed by atoms with Gasteiger partial charge in [-0.25, -0.2) is 4.98 Å². The first-order chi connectivity index (χ1) is 8.36. The molecule has 0 bridgehead atoms. The van der Waals surface area contributed by atoms with E-state index >= 15 is 0 Å². The number of Topliss-reactive ketones (excluding diaryl/α,β-unsaturated/α-hetero) is 1. The zero-order valence-electron chi connectivity index (χ0n) is 10.5. The van der Waals surface area contributed by atoms with Crippen molar-refractivity contribution in [1.29, 1.82) is 0 Å². The van der Waals surface area contributed by atoms with Crippen LogP contribution in [0.2, 0.25) is 0 Å². The van der Waals surface area contributed by atoms with Crippen LogP contribution >= 0.6 is 38.6 Å². The molecular weight excluding hydrogens is 330 g/mol. The largest absolute Gasteiger partial charge is 0.293 e. The van der Waals surface area contributed by atoms with Gasteiger partial charge in [-0.2, -0.15) is 0 Å². The summed E-state index contributed by atoms with van der Waals surface area (Å²) in [6.07, 6.45) is 0.397. The zero-order valence-corrected chi connectivity index (χ0v) is 13.7. The van der Waals surface area contributed by atoms with Crippen LogP contribution in [0.1, 0.15) is 41.1 Å². The Hall–Kier alpha value is -0.520. The molecule has 0 radical (unpaired) electrons. The average molecular weight is 344 g/mol. The summed E-state index contributed by atoms with van der Waals surface area (Å²) < 4.78 is 0.986. The number of carbonyl (C=O) groups excluding carboxylic acids is 1. The van der Waals surface area contributed by atoms with Gasteiger partial charge >= 0.3 is 0 Å². The highest BCUT2D eigenvalue weighted by atomic mass is 79.9. The number of halogens is 1. The minimum absolute atomic E-state index is 0.0454. The number of carbonyl (C=O) groups is 1. The number of thiophene rings is 1. The quantitative estimate of drug-likeness (QED) is 0.756. The van der Waals surface area contributed by atoms with Crippen LogP contribution in [0, 0.1) is 0 Å². The first kappa shape index (κ1) is 13.9. The molecule has 0 atom stereocenters. The van der Waals surface area contributed by atoms with Gasteiger partial charge in [-0.1, -0.05) is 20.8 Å². The molecule has 0 aliphatic carbocycles. The normalized spacial score (nSPS) is 11.8. The minimum atomic E-state index is 0.0454. The highest BCUT2D eigenvalue weighted by Gasteiger charge is 2.19. The molecule has 0 saturated heterocycles. The van der Waals surface area contributed by atoms with Gasteiger partial charge in [0.2, 0.25) is 0 Å². The fourth-order valence-electron chi connectivity index (χ4n) is 1.43. The van der Waals surface area contributed by atoms with Crippen LogP contribution in [-0.2, 0) is 11.8 Å². The van der Waals surface area contributed by atoms with Gasteiger partial charge in [0.25, 0.3) is 0 Å². The van der Waals surface area contributed by atoms with Crippen molar-refractivity contribution in [2.24, 2.45) is 0 Å². The van der Waals surface area contributed by atoms with Gasteiger partial charge in [0.05, 0.1) is 20.8 Å². The standard InChI is InChI=1S/C13H14BrNOS2/c1-13(2,3)10-7-17-12(15-10)6-8(16)9-4-5-11(14)18-9/h4-5,7H,6H2,1-3H3. The van der Waals surface area contributed by atoms with E-state index in [2.05, 4.69) is 41.7 Å². The number of rotatable bonds is 3. The Labute approximate surface area is 123 Å². The minimum Gasteiger partial charge on any atom is -0.293 e. The van der Waals surface area contributed by atoms with Crippen molar-refractivity contribution in [3.05, 3.63) is 36.9 Å².